The van der Waals surface area contributed by atoms with Crippen molar-refractivity contribution in [1.82, 2.24) is 0 Å². The van der Waals surface area contributed by atoms with E-state index in [0.29, 0.717) is 23.3 Å². The highest BCUT2D eigenvalue weighted by molar-refractivity contribution is 7.92. The van der Waals surface area contributed by atoms with Crippen molar-refractivity contribution in [2.45, 2.75) is 41.4 Å². The van der Waals surface area contributed by atoms with Gasteiger partial charge in [0.05, 0.1) is 15.7 Å². The van der Waals surface area contributed by atoms with Gasteiger partial charge in [0.25, 0.3) is 0 Å². The molecule has 0 spiro atoms. The highest BCUT2D eigenvalue weighted by Gasteiger charge is 2.47. The zero-order valence-corrected chi connectivity index (χ0v) is 9.70. The van der Waals surface area contributed by atoms with Crippen LogP contribution < -0.4 is 0 Å². The minimum absolute atomic E-state index is 0.212. The summed E-state index contributed by atoms with van der Waals surface area (Å²) in [6.07, 6.45) is 2.86. The van der Waals surface area contributed by atoms with Gasteiger partial charge in [-0.25, -0.2) is 8.42 Å². The Morgan fingerprint density at radius 1 is 1.19 bits per heavy atom. The average molecular weight is 238 g/mol. The second-order valence-electron chi connectivity index (χ2n) is 4.77. The predicted molar refractivity (Wildman–Crippen MR) is 59.8 cm³/mol. The molecule has 1 aromatic carbocycles. The monoisotopic (exact) mass is 238 g/mol. The van der Waals surface area contributed by atoms with E-state index in [2.05, 4.69) is 0 Å². The SMILES string of the molecule is O=S(=O)(c1ccccc1C1(O)CC1)C1CC1. The van der Waals surface area contributed by atoms with Gasteiger partial charge in [0, 0.05) is 5.56 Å². The first-order chi connectivity index (χ1) is 7.54. The Morgan fingerprint density at radius 3 is 2.38 bits per heavy atom. The summed E-state index contributed by atoms with van der Waals surface area (Å²) < 4.78 is 24.4. The molecule has 3 rings (SSSR count). The Bertz CT molecular complexity index is 525. The van der Waals surface area contributed by atoms with E-state index in [4.69, 9.17) is 0 Å². The van der Waals surface area contributed by atoms with Crippen molar-refractivity contribution in [1.29, 1.82) is 0 Å². The summed E-state index contributed by atoms with van der Waals surface area (Å²) in [5.74, 6) is 0. The maximum atomic E-state index is 12.2. The molecule has 0 aliphatic heterocycles. The van der Waals surface area contributed by atoms with Gasteiger partial charge < -0.3 is 5.11 Å². The number of sulfone groups is 1. The number of hydrogen-bond donors (Lipinski definition) is 1. The van der Waals surface area contributed by atoms with Crippen LogP contribution in [0.5, 0.6) is 0 Å². The predicted octanol–water partition coefficient (Wildman–Crippen LogP) is 1.60. The average Bonchev–Trinajstić information content (AvgIpc) is 3.12. The zero-order valence-electron chi connectivity index (χ0n) is 8.89. The number of aliphatic hydroxyl groups is 1. The second kappa shape index (κ2) is 3.08. The molecule has 0 saturated heterocycles. The van der Waals surface area contributed by atoms with Crippen molar-refractivity contribution in [3.8, 4) is 0 Å². The fraction of sp³-hybridized carbons (Fsp3) is 0.500. The summed E-state index contributed by atoms with van der Waals surface area (Å²) in [4.78, 5) is 0.345. The molecule has 2 saturated carbocycles. The molecule has 0 aromatic heterocycles. The largest absolute Gasteiger partial charge is 0.385 e. The first-order valence-electron chi connectivity index (χ1n) is 5.60. The molecule has 3 nitrogen and oxygen atoms in total. The lowest BCUT2D eigenvalue weighted by Crippen LogP contribution is -2.15. The van der Waals surface area contributed by atoms with Crippen molar-refractivity contribution in [3.05, 3.63) is 29.8 Å². The first-order valence-corrected chi connectivity index (χ1v) is 7.14. The zero-order chi connectivity index (χ0) is 11.4. The summed E-state index contributed by atoms with van der Waals surface area (Å²) in [6.45, 7) is 0. The Hall–Kier alpha value is -0.870. The maximum absolute atomic E-state index is 12.2. The summed E-state index contributed by atoms with van der Waals surface area (Å²) >= 11 is 0. The molecular formula is C12H14O3S. The molecule has 2 aliphatic carbocycles. The van der Waals surface area contributed by atoms with Gasteiger partial charge in [0.1, 0.15) is 0 Å². The normalized spacial score (nSPS) is 23.1. The van der Waals surface area contributed by atoms with Crippen molar-refractivity contribution < 1.29 is 13.5 Å². The van der Waals surface area contributed by atoms with Crippen LogP contribution in [0.2, 0.25) is 0 Å². The quantitative estimate of drug-likeness (QED) is 0.870. The Balaban J connectivity index is 2.13. The molecule has 1 N–H and O–H groups in total. The van der Waals surface area contributed by atoms with Crippen LogP contribution in [0.4, 0.5) is 0 Å². The molecule has 0 unspecified atom stereocenters. The van der Waals surface area contributed by atoms with Gasteiger partial charge in [-0.2, -0.15) is 0 Å². The Morgan fingerprint density at radius 2 is 1.81 bits per heavy atom. The van der Waals surface area contributed by atoms with Crippen molar-refractivity contribution in [3.63, 3.8) is 0 Å². The number of rotatable bonds is 3. The summed E-state index contributed by atoms with van der Waals surface area (Å²) in [5, 5.41) is 9.87. The Kier molecular flexibility index (Phi) is 1.98. The number of benzene rings is 1. The molecule has 1 aromatic rings. The van der Waals surface area contributed by atoms with E-state index in [1.54, 1.807) is 24.3 Å². The second-order valence-corrected chi connectivity index (χ2v) is 6.97. The van der Waals surface area contributed by atoms with E-state index in [1.165, 1.54) is 0 Å². The lowest BCUT2D eigenvalue weighted by Gasteiger charge is -2.14. The van der Waals surface area contributed by atoms with E-state index < -0.39 is 15.4 Å². The van der Waals surface area contributed by atoms with Crippen LogP contribution >= 0.6 is 0 Å². The van der Waals surface area contributed by atoms with Crippen LogP contribution in [0, 0.1) is 0 Å². The lowest BCUT2D eigenvalue weighted by molar-refractivity contribution is 0.148. The van der Waals surface area contributed by atoms with Crippen LogP contribution in [-0.2, 0) is 15.4 Å². The van der Waals surface area contributed by atoms with Gasteiger partial charge in [0.15, 0.2) is 9.84 Å². The van der Waals surface area contributed by atoms with Crippen molar-refractivity contribution in [2.75, 3.05) is 0 Å². The molecule has 0 atom stereocenters. The van der Waals surface area contributed by atoms with Crippen LogP contribution in [0.1, 0.15) is 31.2 Å². The molecule has 2 fully saturated rings. The number of hydrogen-bond acceptors (Lipinski definition) is 3. The van der Waals surface area contributed by atoms with E-state index in [-0.39, 0.29) is 5.25 Å². The third-order valence-electron chi connectivity index (χ3n) is 3.38. The third kappa shape index (κ3) is 1.48. The first kappa shape index (κ1) is 10.3. The molecule has 4 heteroatoms. The molecule has 16 heavy (non-hydrogen) atoms. The van der Waals surface area contributed by atoms with E-state index >= 15 is 0 Å². The van der Waals surface area contributed by atoms with Gasteiger partial charge in [-0.15, -0.1) is 0 Å². The van der Waals surface area contributed by atoms with Crippen LogP contribution in [0.3, 0.4) is 0 Å². The lowest BCUT2D eigenvalue weighted by atomic mass is 10.1. The van der Waals surface area contributed by atoms with E-state index in [0.717, 1.165) is 12.8 Å². The van der Waals surface area contributed by atoms with Gasteiger partial charge in [-0.1, -0.05) is 18.2 Å². The molecular weight excluding hydrogens is 224 g/mol. The molecule has 0 radical (unpaired) electrons. The van der Waals surface area contributed by atoms with Gasteiger partial charge in [-0.3, -0.25) is 0 Å². The minimum Gasteiger partial charge on any atom is -0.385 e. The van der Waals surface area contributed by atoms with Crippen molar-refractivity contribution >= 4 is 9.84 Å². The highest BCUT2D eigenvalue weighted by Crippen LogP contribution is 2.48. The molecule has 86 valence electrons. The summed E-state index contributed by atoms with van der Waals surface area (Å²) in [5.41, 5.74) is -0.277. The fourth-order valence-corrected chi connectivity index (χ4v) is 3.99. The van der Waals surface area contributed by atoms with E-state index in [9.17, 15) is 13.5 Å². The molecule has 0 amide bonds. The van der Waals surface area contributed by atoms with Gasteiger partial charge in [0.2, 0.25) is 0 Å². The third-order valence-corrected chi connectivity index (χ3v) is 5.70. The van der Waals surface area contributed by atoms with Crippen molar-refractivity contribution in [2.24, 2.45) is 0 Å². The van der Waals surface area contributed by atoms with Gasteiger partial charge in [-0.05, 0) is 31.7 Å². The minimum atomic E-state index is -3.20. The van der Waals surface area contributed by atoms with Gasteiger partial charge >= 0.3 is 0 Å². The van der Waals surface area contributed by atoms with Crippen LogP contribution in [0.25, 0.3) is 0 Å². The molecule has 0 heterocycles. The molecule has 2 aliphatic rings. The van der Waals surface area contributed by atoms with E-state index in [1.807, 2.05) is 0 Å². The molecule has 0 bridgehead atoms. The van der Waals surface area contributed by atoms with Crippen LogP contribution in [0.15, 0.2) is 29.2 Å². The topological polar surface area (TPSA) is 54.4 Å². The highest BCUT2D eigenvalue weighted by atomic mass is 32.2. The summed E-state index contributed by atoms with van der Waals surface area (Å²) in [7, 11) is -3.20. The summed E-state index contributed by atoms with van der Waals surface area (Å²) in [6, 6.07) is 6.88. The van der Waals surface area contributed by atoms with Crippen LogP contribution in [-0.4, -0.2) is 18.8 Å². The maximum Gasteiger partial charge on any atom is 0.181 e. The Labute approximate surface area is 95.0 Å². The fourth-order valence-electron chi connectivity index (χ4n) is 2.04. The smallest absolute Gasteiger partial charge is 0.181 e. The standard InChI is InChI=1S/C12H14O3S/c13-12(7-8-12)10-3-1-2-4-11(10)16(14,15)9-5-6-9/h1-4,9,13H,5-8H2.